The van der Waals surface area contributed by atoms with Crippen molar-refractivity contribution in [3.63, 3.8) is 0 Å². The van der Waals surface area contributed by atoms with Gasteiger partial charge in [0.2, 0.25) is 5.76 Å². The lowest BCUT2D eigenvalue weighted by molar-refractivity contribution is 0.406. The molecule has 8 nitrogen and oxygen atoms in total. The zero-order chi connectivity index (χ0) is 16.5. The van der Waals surface area contributed by atoms with Crippen molar-refractivity contribution in [1.29, 1.82) is 0 Å². The smallest absolute Gasteiger partial charge is 0.368 e. The van der Waals surface area contributed by atoms with Crippen molar-refractivity contribution >= 4 is 11.6 Å². The van der Waals surface area contributed by atoms with E-state index in [2.05, 4.69) is 15.6 Å². The van der Waals surface area contributed by atoms with Crippen LogP contribution in [-0.2, 0) is 6.54 Å². The number of furan rings is 1. The fourth-order valence-electron chi connectivity index (χ4n) is 2.22. The normalized spacial score (nSPS) is 11.0. The van der Waals surface area contributed by atoms with Crippen LogP contribution >= 0.6 is 11.6 Å². The molecule has 0 fully saturated rings. The number of aromatic nitrogens is 5. The molecule has 0 bridgehead atoms. The summed E-state index contributed by atoms with van der Waals surface area (Å²) in [6.07, 6.45) is 1.54. The van der Waals surface area contributed by atoms with Crippen LogP contribution in [0, 0.1) is 0 Å². The van der Waals surface area contributed by atoms with E-state index in [-0.39, 0.29) is 6.54 Å². The van der Waals surface area contributed by atoms with Crippen molar-refractivity contribution in [3.8, 4) is 17.2 Å². The molecule has 0 atom stereocenters. The van der Waals surface area contributed by atoms with Crippen molar-refractivity contribution < 1.29 is 8.94 Å². The molecule has 120 valence electrons. The fraction of sp³-hybridized carbons (Fsp3) is 0.0667. The number of nitrogens with zero attached hydrogens (tertiary/aromatic N) is 5. The Morgan fingerprint density at radius 2 is 1.96 bits per heavy atom. The molecule has 0 spiro atoms. The van der Waals surface area contributed by atoms with E-state index in [1.807, 2.05) is 0 Å². The Morgan fingerprint density at radius 3 is 2.75 bits per heavy atom. The summed E-state index contributed by atoms with van der Waals surface area (Å²) in [4.78, 5) is 12.4. The van der Waals surface area contributed by atoms with Gasteiger partial charge in [-0.1, -0.05) is 28.9 Å². The minimum absolute atomic E-state index is 0.119. The van der Waals surface area contributed by atoms with E-state index in [1.54, 1.807) is 42.5 Å². The molecule has 1 aromatic carbocycles. The Hall–Kier alpha value is -3.13. The molecule has 0 N–H and O–H groups in total. The molecule has 24 heavy (non-hydrogen) atoms. The fourth-order valence-corrected chi connectivity index (χ4v) is 2.44. The zero-order valence-electron chi connectivity index (χ0n) is 12.2. The van der Waals surface area contributed by atoms with Crippen molar-refractivity contribution in [2.24, 2.45) is 0 Å². The molecule has 4 rings (SSSR count). The number of rotatable bonds is 4. The Kier molecular flexibility index (Phi) is 3.51. The first-order valence-electron chi connectivity index (χ1n) is 6.99. The Balaban J connectivity index is 1.63. The predicted molar refractivity (Wildman–Crippen MR) is 83.9 cm³/mol. The summed E-state index contributed by atoms with van der Waals surface area (Å²) in [6, 6.07) is 12.1. The highest BCUT2D eigenvalue weighted by Crippen LogP contribution is 2.21. The average molecular weight is 344 g/mol. The van der Waals surface area contributed by atoms with E-state index < -0.39 is 5.69 Å². The first kappa shape index (κ1) is 14.5. The van der Waals surface area contributed by atoms with Crippen molar-refractivity contribution in [1.82, 2.24) is 24.9 Å². The summed E-state index contributed by atoms with van der Waals surface area (Å²) < 4.78 is 12.7. The third kappa shape index (κ3) is 2.52. The third-order valence-corrected chi connectivity index (χ3v) is 3.67. The lowest BCUT2D eigenvalue weighted by atomic mass is 10.3. The van der Waals surface area contributed by atoms with Gasteiger partial charge in [0.05, 0.1) is 23.5 Å². The van der Waals surface area contributed by atoms with Crippen molar-refractivity contribution in [3.05, 3.63) is 69.9 Å². The van der Waals surface area contributed by atoms with Gasteiger partial charge in [0, 0.05) is 6.07 Å². The van der Waals surface area contributed by atoms with Gasteiger partial charge in [-0.2, -0.15) is 9.36 Å². The number of hydrogen-bond acceptors (Lipinski definition) is 6. The van der Waals surface area contributed by atoms with E-state index in [0.717, 1.165) is 4.68 Å². The lowest BCUT2D eigenvalue weighted by Gasteiger charge is -1.99. The van der Waals surface area contributed by atoms with Crippen LogP contribution in [0.1, 0.15) is 5.69 Å². The SMILES string of the molecule is O=c1n(Cc2cc(-c3ccco3)on2)nnn1-c1ccccc1Cl. The third-order valence-electron chi connectivity index (χ3n) is 3.35. The molecule has 4 aromatic rings. The van der Waals surface area contributed by atoms with Gasteiger partial charge < -0.3 is 8.94 Å². The Bertz CT molecular complexity index is 1030. The first-order valence-corrected chi connectivity index (χ1v) is 7.37. The molecule has 0 saturated heterocycles. The van der Waals surface area contributed by atoms with Crippen LogP contribution in [0.15, 0.2) is 62.5 Å². The van der Waals surface area contributed by atoms with Crippen LogP contribution < -0.4 is 5.69 Å². The van der Waals surface area contributed by atoms with Gasteiger partial charge in [0.15, 0.2) is 5.76 Å². The molecular formula is C15H10ClN5O3. The largest absolute Gasteiger partial charge is 0.461 e. The monoisotopic (exact) mass is 343 g/mol. The van der Waals surface area contributed by atoms with Crippen LogP contribution in [0.4, 0.5) is 0 Å². The molecule has 0 radical (unpaired) electrons. The molecule has 0 saturated carbocycles. The van der Waals surface area contributed by atoms with Crippen LogP contribution in [-0.4, -0.2) is 24.9 Å². The van der Waals surface area contributed by atoms with E-state index in [1.165, 1.54) is 10.9 Å². The zero-order valence-corrected chi connectivity index (χ0v) is 12.9. The number of hydrogen-bond donors (Lipinski definition) is 0. The summed E-state index contributed by atoms with van der Waals surface area (Å²) in [5, 5.41) is 12.0. The van der Waals surface area contributed by atoms with Crippen molar-refractivity contribution in [2.75, 3.05) is 0 Å². The van der Waals surface area contributed by atoms with Gasteiger partial charge in [-0.05, 0) is 34.7 Å². The van der Waals surface area contributed by atoms with Gasteiger partial charge in [-0.25, -0.2) is 4.79 Å². The molecule has 0 unspecified atom stereocenters. The minimum Gasteiger partial charge on any atom is -0.461 e. The Labute approximate surface area is 139 Å². The minimum atomic E-state index is -0.425. The maximum absolute atomic E-state index is 12.4. The standard InChI is InChI=1S/C15H10ClN5O3/c16-11-4-1-2-5-12(11)21-15(22)20(18-19-21)9-10-8-14(24-17-10)13-6-3-7-23-13/h1-8H,9H2. The highest BCUT2D eigenvalue weighted by atomic mass is 35.5. The number of halogens is 1. The summed E-state index contributed by atoms with van der Waals surface area (Å²) in [5.41, 5.74) is 0.562. The molecule has 3 heterocycles. The van der Waals surface area contributed by atoms with Gasteiger partial charge in [0.1, 0.15) is 5.69 Å². The molecule has 9 heteroatoms. The maximum Gasteiger partial charge on any atom is 0.368 e. The van der Waals surface area contributed by atoms with Crippen LogP contribution in [0.2, 0.25) is 5.02 Å². The van der Waals surface area contributed by atoms with E-state index in [0.29, 0.717) is 27.9 Å². The molecule has 3 aromatic heterocycles. The quantitative estimate of drug-likeness (QED) is 0.565. The molecule has 0 amide bonds. The highest BCUT2D eigenvalue weighted by molar-refractivity contribution is 6.32. The second-order valence-corrected chi connectivity index (χ2v) is 5.35. The van der Waals surface area contributed by atoms with E-state index in [9.17, 15) is 4.79 Å². The maximum atomic E-state index is 12.4. The summed E-state index contributed by atoms with van der Waals surface area (Å²) in [6.45, 7) is 0.119. The summed E-state index contributed by atoms with van der Waals surface area (Å²) in [5.74, 6) is 1.03. The van der Waals surface area contributed by atoms with Gasteiger partial charge in [0.25, 0.3) is 0 Å². The van der Waals surface area contributed by atoms with E-state index in [4.69, 9.17) is 20.5 Å². The lowest BCUT2D eigenvalue weighted by Crippen LogP contribution is -2.25. The predicted octanol–water partition coefficient (Wildman–Crippen LogP) is 2.38. The van der Waals surface area contributed by atoms with Gasteiger partial charge in [-0.3, -0.25) is 0 Å². The summed E-state index contributed by atoms with van der Waals surface area (Å²) >= 11 is 6.09. The second-order valence-electron chi connectivity index (χ2n) is 4.94. The number of benzene rings is 1. The first-order chi connectivity index (χ1) is 11.7. The van der Waals surface area contributed by atoms with Gasteiger partial charge in [-0.15, -0.1) is 0 Å². The molecule has 0 aliphatic carbocycles. The van der Waals surface area contributed by atoms with Crippen molar-refractivity contribution in [2.45, 2.75) is 6.54 Å². The number of tetrazole rings is 1. The summed E-state index contributed by atoms with van der Waals surface area (Å²) in [7, 11) is 0. The molecular weight excluding hydrogens is 334 g/mol. The van der Waals surface area contributed by atoms with Crippen LogP contribution in [0.3, 0.4) is 0 Å². The molecule has 0 aliphatic rings. The number of para-hydroxylation sites is 1. The topological polar surface area (TPSA) is 91.9 Å². The van der Waals surface area contributed by atoms with Gasteiger partial charge >= 0.3 is 5.69 Å². The highest BCUT2D eigenvalue weighted by Gasteiger charge is 2.14. The Morgan fingerprint density at radius 1 is 1.08 bits per heavy atom. The van der Waals surface area contributed by atoms with Crippen LogP contribution in [0.5, 0.6) is 0 Å². The van der Waals surface area contributed by atoms with Crippen LogP contribution in [0.25, 0.3) is 17.2 Å². The average Bonchev–Trinajstić information content (AvgIpc) is 3.31. The molecule has 0 aliphatic heterocycles. The second kappa shape index (κ2) is 5.82. The van der Waals surface area contributed by atoms with E-state index >= 15 is 0 Å².